The third-order valence-electron chi connectivity index (χ3n) is 1.53. The summed E-state index contributed by atoms with van der Waals surface area (Å²) in [6, 6.07) is 1.19. The third kappa shape index (κ3) is 1.80. The van der Waals surface area contributed by atoms with Crippen LogP contribution in [0.3, 0.4) is 0 Å². The van der Waals surface area contributed by atoms with Crippen molar-refractivity contribution in [2.45, 2.75) is 12.8 Å². The minimum absolute atomic E-state index is 0.543. The molecular weight excluding hydrogens is 188 g/mol. The second kappa shape index (κ2) is 2.99. The highest BCUT2D eigenvalue weighted by molar-refractivity contribution is 5.23. The van der Waals surface area contributed by atoms with E-state index in [9.17, 15) is 17.6 Å². The molecule has 72 valence electrons. The van der Waals surface area contributed by atoms with E-state index in [1.54, 1.807) is 0 Å². The Bertz CT molecular complexity index is 330. The molecule has 1 nitrogen and oxygen atoms in total. The van der Waals surface area contributed by atoms with Crippen LogP contribution in [0.5, 0.6) is 0 Å². The molecule has 0 saturated carbocycles. The van der Waals surface area contributed by atoms with E-state index in [0.717, 1.165) is 0 Å². The Kier molecular flexibility index (Phi) is 2.30. The van der Waals surface area contributed by atoms with Crippen molar-refractivity contribution < 1.29 is 22.7 Å². The average Bonchev–Trinajstić information content (AvgIpc) is 1.98. The monoisotopic (exact) mass is 194 g/mol. The summed E-state index contributed by atoms with van der Waals surface area (Å²) in [5.41, 5.74) is -0.925. The summed E-state index contributed by atoms with van der Waals surface area (Å²) in [7, 11) is 0. The molecule has 0 radical (unpaired) electrons. The first kappa shape index (κ1) is 9.98. The molecule has 0 aliphatic rings. The summed E-state index contributed by atoms with van der Waals surface area (Å²) < 4.78 is 50.3. The highest BCUT2D eigenvalue weighted by Gasteiger charge is 2.28. The van der Waals surface area contributed by atoms with Crippen LogP contribution in [0.1, 0.15) is 12.5 Å². The summed E-state index contributed by atoms with van der Waals surface area (Å²) in [6.45, 7) is 0.628. The maximum atomic E-state index is 12.7. The standard InChI is InChI=1S/C8H6F4O/c1-8(12,13)4-2-3-5(9)7(11)6(4)10/h2-3,13H,1H3. The zero-order valence-electron chi connectivity index (χ0n) is 6.61. The molecular formula is C8H6F4O. The molecule has 0 amide bonds. The number of halogens is 4. The molecule has 1 unspecified atom stereocenters. The lowest BCUT2D eigenvalue weighted by molar-refractivity contribution is -0.0800. The fourth-order valence-corrected chi connectivity index (χ4v) is 0.878. The van der Waals surface area contributed by atoms with Gasteiger partial charge in [-0.1, -0.05) is 0 Å². The zero-order valence-corrected chi connectivity index (χ0v) is 6.61. The molecule has 1 N–H and O–H groups in total. The molecule has 0 aromatic heterocycles. The zero-order chi connectivity index (χ0) is 10.2. The van der Waals surface area contributed by atoms with Crippen LogP contribution in [0.15, 0.2) is 12.1 Å². The van der Waals surface area contributed by atoms with Crippen molar-refractivity contribution in [1.82, 2.24) is 0 Å². The van der Waals surface area contributed by atoms with Gasteiger partial charge in [-0.3, -0.25) is 0 Å². The predicted molar refractivity (Wildman–Crippen MR) is 37.0 cm³/mol. The molecule has 1 rings (SSSR count). The molecule has 0 spiro atoms. The van der Waals surface area contributed by atoms with Gasteiger partial charge in [-0.25, -0.2) is 17.6 Å². The molecule has 1 atom stereocenters. The van der Waals surface area contributed by atoms with E-state index in [1.807, 2.05) is 0 Å². The van der Waals surface area contributed by atoms with Gasteiger partial charge in [0.05, 0.1) is 5.56 Å². The molecule has 13 heavy (non-hydrogen) atoms. The Morgan fingerprint density at radius 2 is 1.69 bits per heavy atom. The summed E-state index contributed by atoms with van der Waals surface area (Å²) in [4.78, 5) is 0. The van der Waals surface area contributed by atoms with Crippen LogP contribution in [0.25, 0.3) is 0 Å². The fourth-order valence-electron chi connectivity index (χ4n) is 0.878. The topological polar surface area (TPSA) is 20.2 Å². The SMILES string of the molecule is CC(O)(F)c1ccc(F)c(F)c1F. The molecule has 0 bridgehead atoms. The lowest BCUT2D eigenvalue weighted by Gasteiger charge is -2.14. The first-order valence-electron chi connectivity index (χ1n) is 3.39. The average molecular weight is 194 g/mol. The first-order valence-corrected chi connectivity index (χ1v) is 3.39. The third-order valence-corrected chi connectivity index (χ3v) is 1.53. The van der Waals surface area contributed by atoms with E-state index in [0.29, 0.717) is 19.1 Å². The van der Waals surface area contributed by atoms with Gasteiger partial charge in [-0.15, -0.1) is 0 Å². The van der Waals surface area contributed by atoms with Crippen LogP contribution >= 0.6 is 0 Å². The molecule has 0 aliphatic heterocycles. The fraction of sp³-hybridized carbons (Fsp3) is 0.250. The minimum Gasteiger partial charge on any atom is -0.358 e. The van der Waals surface area contributed by atoms with Crippen molar-refractivity contribution in [3.8, 4) is 0 Å². The molecule has 1 aromatic rings. The van der Waals surface area contributed by atoms with Crippen molar-refractivity contribution >= 4 is 0 Å². The molecule has 0 saturated heterocycles. The molecule has 1 aromatic carbocycles. The maximum Gasteiger partial charge on any atom is 0.233 e. The Labute approximate surface area is 71.6 Å². The Hall–Kier alpha value is -1.10. The largest absolute Gasteiger partial charge is 0.358 e. The normalized spacial score (nSPS) is 15.5. The van der Waals surface area contributed by atoms with Gasteiger partial charge in [0.25, 0.3) is 0 Å². The Morgan fingerprint density at radius 3 is 2.15 bits per heavy atom. The minimum atomic E-state index is -3.02. The summed E-state index contributed by atoms with van der Waals surface area (Å²) in [5.74, 6) is -7.95. The molecule has 0 aliphatic carbocycles. The highest BCUT2D eigenvalue weighted by atomic mass is 19.2. The first-order chi connectivity index (χ1) is 5.84. The van der Waals surface area contributed by atoms with Gasteiger partial charge in [0.15, 0.2) is 17.5 Å². The number of hydrogen-bond acceptors (Lipinski definition) is 1. The lowest BCUT2D eigenvalue weighted by Crippen LogP contribution is -2.17. The van der Waals surface area contributed by atoms with Gasteiger partial charge in [0.1, 0.15) is 0 Å². The predicted octanol–water partition coefficient (Wildman–Crippen LogP) is 2.24. The number of benzene rings is 1. The molecule has 5 heteroatoms. The van der Waals surface area contributed by atoms with Crippen molar-refractivity contribution in [2.75, 3.05) is 0 Å². The van der Waals surface area contributed by atoms with E-state index in [1.165, 1.54) is 0 Å². The van der Waals surface area contributed by atoms with Gasteiger partial charge in [-0.2, -0.15) is 0 Å². The van der Waals surface area contributed by atoms with Crippen LogP contribution in [-0.2, 0) is 5.85 Å². The summed E-state index contributed by atoms with van der Waals surface area (Å²) >= 11 is 0. The van der Waals surface area contributed by atoms with Gasteiger partial charge in [0.2, 0.25) is 5.85 Å². The van der Waals surface area contributed by atoms with Crippen LogP contribution in [0.2, 0.25) is 0 Å². The van der Waals surface area contributed by atoms with E-state index in [4.69, 9.17) is 5.11 Å². The van der Waals surface area contributed by atoms with Gasteiger partial charge < -0.3 is 5.11 Å². The highest BCUT2D eigenvalue weighted by Crippen LogP contribution is 2.26. The van der Waals surface area contributed by atoms with Gasteiger partial charge in [-0.05, 0) is 19.1 Å². The Morgan fingerprint density at radius 1 is 1.15 bits per heavy atom. The van der Waals surface area contributed by atoms with Crippen LogP contribution < -0.4 is 0 Å². The summed E-state index contributed by atoms with van der Waals surface area (Å²) in [6.07, 6.45) is 0. The van der Waals surface area contributed by atoms with E-state index in [2.05, 4.69) is 0 Å². The molecule has 0 heterocycles. The quantitative estimate of drug-likeness (QED) is 0.537. The lowest BCUT2D eigenvalue weighted by atomic mass is 10.1. The van der Waals surface area contributed by atoms with E-state index >= 15 is 0 Å². The van der Waals surface area contributed by atoms with Gasteiger partial charge in [0, 0.05) is 0 Å². The van der Waals surface area contributed by atoms with Crippen LogP contribution in [-0.4, -0.2) is 5.11 Å². The van der Waals surface area contributed by atoms with Crippen LogP contribution in [0.4, 0.5) is 17.6 Å². The van der Waals surface area contributed by atoms with Crippen molar-refractivity contribution in [3.05, 3.63) is 35.1 Å². The number of rotatable bonds is 1. The number of alkyl halides is 1. The van der Waals surface area contributed by atoms with Crippen molar-refractivity contribution in [1.29, 1.82) is 0 Å². The number of aliphatic hydroxyl groups is 1. The van der Waals surface area contributed by atoms with Crippen molar-refractivity contribution in [3.63, 3.8) is 0 Å². The Balaban J connectivity index is 3.35. The second-order valence-electron chi connectivity index (χ2n) is 2.68. The summed E-state index contributed by atoms with van der Waals surface area (Å²) in [5, 5.41) is 8.69. The molecule has 0 fully saturated rings. The van der Waals surface area contributed by atoms with E-state index in [-0.39, 0.29) is 0 Å². The smallest absolute Gasteiger partial charge is 0.233 e. The van der Waals surface area contributed by atoms with Crippen molar-refractivity contribution in [2.24, 2.45) is 0 Å². The van der Waals surface area contributed by atoms with Crippen LogP contribution in [0, 0.1) is 17.5 Å². The maximum absolute atomic E-state index is 12.7. The second-order valence-corrected chi connectivity index (χ2v) is 2.68. The number of hydrogen-bond donors (Lipinski definition) is 1. The van der Waals surface area contributed by atoms with Gasteiger partial charge >= 0.3 is 0 Å². The van der Waals surface area contributed by atoms with E-state index < -0.39 is 28.9 Å².